The predicted octanol–water partition coefficient (Wildman–Crippen LogP) is 7.49. The van der Waals surface area contributed by atoms with Gasteiger partial charge >= 0.3 is 0 Å². The third-order valence-corrected chi connectivity index (χ3v) is 5.09. The molecular weight excluding hydrogens is 326 g/mol. The van der Waals surface area contributed by atoms with E-state index in [-0.39, 0.29) is 0 Å². The first-order valence-corrected chi connectivity index (χ1v) is 9.74. The SMILES string of the molecule is C=C(C)/C=C(/C/C=C(/C1=CC=C(C)CC1)c1cc(C)ccc1N)C(C)=CC. The van der Waals surface area contributed by atoms with Gasteiger partial charge in [-0.25, -0.2) is 0 Å². The molecule has 1 aliphatic rings. The lowest BCUT2D eigenvalue weighted by molar-refractivity contribution is 0.931. The van der Waals surface area contributed by atoms with Gasteiger partial charge in [-0.1, -0.05) is 65.3 Å². The smallest absolute Gasteiger partial charge is 0.0393 e. The van der Waals surface area contributed by atoms with Gasteiger partial charge in [0.2, 0.25) is 0 Å². The van der Waals surface area contributed by atoms with Crippen LogP contribution in [0.5, 0.6) is 0 Å². The summed E-state index contributed by atoms with van der Waals surface area (Å²) in [5.74, 6) is 0. The van der Waals surface area contributed by atoms with Crippen LogP contribution in [0, 0.1) is 6.92 Å². The summed E-state index contributed by atoms with van der Waals surface area (Å²) < 4.78 is 0. The minimum Gasteiger partial charge on any atom is -0.398 e. The van der Waals surface area contributed by atoms with Crippen LogP contribution < -0.4 is 5.73 Å². The van der Waals surface area contributed by atoms with Crippen LogP contribution >= 0.6 is 0 Å². The highest BCUT2D eigenvalue weighted by Crippen LogP contribution is 2.35. The minimum absolute atomic E-state index is 0.840. The summed E-state index contributed by atoms with van der Waals surface area (Å²) in [5, 5.41) is 0. The van der Waals surface area contributed by atoms with Gasteiger partial charge in [-0.3, -0.25) is 0 Å². The van der Waals surface area contributed by atoms with Gasteiger partial charge in [0.15, 0.2) is 0 Å². The fourth-order valence-corrected chi connectivity index (χ4v) is 3.31. The highest BCUT2D eigenvalue weighted by Gasteiger charge is 2.14. The third kappa shape index (κ3) is 5.72. The molecule has 0 aromatic heterocycles. The van der Waals surface area contributed by atoms with E-state index in [1.165, 1.54) is 33.4 Å². The van der Waals surface area contributed by atoms with Crippen molar-refractivity contribution in [3.05, 3.63) is 94.2 Å². The van der Waals surface area contributed by atoms with Gasteiger partial charge in [-0.15, -0.1) is 0 Å². The highest BCUT2D eigenvalue weighted by molar-refractivity contribution is 5.86. The van der Waals surface area contributed by atoms with Gasteiger partial charge in [-0.2, -0.15) is 0 Å². The number of hydrogen-bond acceptors (Lipinski definition) is 1. The van der Waals surface area contributed by atoms with E-state index in [4.69, 9.17) is 5.73 Å². The van der Waals surface area contributed by atoms with E-state index < -0.39 is 0 Å². The molecule has 0 radical (unpaired) electrons. The van der Waals surface area contributed by atoms with E-state index in [0.717, 1.165) is 36.1 Å². The number of hydrogen-bond donors (Lipinski definition) is 1. The Balaban J connectivity index is 2.54. The van der Waals surface area contributed by atoms with Crippen molar-refractivity contribution in [2.45, 2.75) is 53.9 Å². The summed E-state index contributed by atoms with van der Waals surface area (Å²) in [6, 6.07) is 6.30. The molecule has 0 bridgehead atoms. The summed E-state index contributed by atoms with van der Waals surface area (Å²) in [6.07, 6.45) is 14.2. The predicted molar refractivity (Wildman–Crippen MR) is 122 cm³/mol. The highest BCUT2D eigenvalue weighted by atomic mass is 14.6. The molecule has 0 aliphatic heterocycles. The van der Waals surface area contributed by atoms with Crippen LogP contribution in [0.15, 0.2) is 83.0 Å². The summed E-state index contributed by atoms with van der Waals surface area (Å²) >= 11 is 0. The van der Waals surface area contributed by atoms with Gasteiger partial charge in [0.05, 0.1) is 0 Å². The zero-order valence-electron chi connectivity index (χ0n) is 17.5. The van der Waals surface area contributed by atoms with Crippen molar-refractivity contribution in [3.63, 3.8) is 0 Å². The lowest BCUT2D eigenvalue weighted by atomic mass is 9.87. The third-order valence-electron chi connectivity index (χ3n) is 5.09. The molecule has 0 amide bonds. The fourth-order valence-electron chi connectivity index (χ4n) is 3.31. The van der Waals surface area contributed by atoms with Crippen LogP contribution in [0.25, 0.3) is 5.57 Å². The largest absolute Gasteiger partial charge is 0.398 e. The van der Waals surface area contributed by atoms with E-state index in [9.17, 15) is 0 Å². The molecule has 0 fully saturated rings. The van der Waals surface area contributed by atoms with E-state index in [2.05, 4.69) is 76.8 Å². The van der Waals surface area contributed by atoms with Crippen molar-refractivity contribution in [1.29, 1.82) is 0 Å². The second-order valence-corrected chi connectivity index (χ2v) is 7.61. The van der Waals surface area contributed by atoms with Crippen LogP contribution in [-0.4, -0.2) is 0 Å². The molecule has 1 heteroatoms. The van der Waals surface area contributed by atoms with E-state index in [0.29, 0.717) is 0 Å². The number of nitrogens with two attached hydrogens (primary N) is 1. The number of benzene rings is 1. The van der Waals surface area contributed by atoms with Crippen molar-refractivity contribution in [1.82, 2.24) is 0 Å². The molecule has 2 rings (SSSR count). The summed E-state index contributed by atoms with van der Waals surface area (Å²) in [6.45, 7) is 14.7. The monoisotopic (exact) mass is 359 g/mol. The number of anilines is 1. The first kappa shape index (κ1) is 20.8. The molecule has 1 aromatic carbocycles. The lowest BCUT2D eigenvalue weighted by Crippen LogP contribution is -2.00. The Labute approximate surface area is 165 Å². The Morgan fingerprint density at radius 3 is 2.48 bits per heavy atom. The molecule has 1 aromatic rings. The molecule has 142 valence electrons. The molecule has 0 saturated carbocycles. The van der Waals surface area contributed by atoms with Gasteiger partial charge < -0.3 is 5.73 Å². The molecule has 0 spiro atoms. The van der Waals surface area contributed by atoms with Gasteiger partial charge in [0, 0.05) is 11.3 Å². The number of allylic oxidation sites excluding steroid dienone is 11. The maximum absolute atomic E-state index is 6.37. The van der Waals surface area contributed by atoms with Gasteiger partial charge in [-0.05, 0) is 82.7 Å². The lowest BCUT2D eigenvalue weighted by Gasteiger charge is -2.19. The average molecular weight is 360 g/mol. The van der Waals surface area contributed by atoms with E-state index in [1.54, 1.807) is 0 Å². The maximum atomic E-state index is 6.37. The zero-order chi connectivity index (χ0) is 20.0. The molecule has 1 nitrogen and oxygen atoms in total. The molecule has 27 heavy (non-hydrogen) atoms. The zero-order valence-corrected chi connectivity index (χ0v) is 17.5. The molecule has 0 unspecified atom stereocenters. The van der Waals surface area contributed by atoms with Crippen LogP contribution in [0.2, 0.25) is 0 Å². The first-order chi connectivity index (χ1) is 12.8. The second-order valence-electron chi connectivity index (χ2n) is 7.61. The van der Waals surface area contributed by atoms with E-state index >= 15 is 0 Å². The van der Waals surface area contributed by atoms with E-state index in [1.807, 2.05) is 13.0 Å². The Hall–Kier alpha value is -2.54. The summed E-state index contributed by atoms with van der Waals surface area (Å²) in [5.41, 5.74) is 17.3. The molecule has 0 saturated heterocycles. The standard InChI is InChI=1S/C26H33N/c1-7-21(6)23(16-18(2)3)13-14-24(22-11-8-19(4)9-12-22)25-17-20(5)10-15-26(25)27/h7-8,10-11,14-17H,2,9,12-13,27H2,1,3-6H3/b21-7?,23-16-,24-14-. The van der Waals surface area contributed by atoms with Crippen molar-refractivity contribution < 1.29 is 0 Å². The van der Waals surface area contributed by atoms with Gasteiger partial charge in [0.25, 0.3) is 0 Å². The number of rotatable bonds is 6. The Kier molecular flexibility index (Phi) is 7.24. The molecular formula is C26H33N. The Morgan fingerprint density at radius 1 is 1.15 bits per heavy atom. The Morgan fingerprint density at radius 2 is 1.89 bits per heavy atom. The average Bonchev–Trinajstić information content (AvgIpc) is 2.63. The van der Waals surface area contributed by atoms with Crippen LogP contribution in [0.1, 0.15) is 58.1 Å². The molecule has 0 heterocycles. The number of nitrogen functional groups attached to an aromatic ring is 1. The van der Waals surface area contributed by atoms with Crippen LogP contribution in [-0.2, 0) is 0 Å². The molecule has 1 aliphatic carbocycles. The van der Waals surface area contributed by atoms with Crippen molar-refractivity contribution in [2.24, 2.45) is 0 Å². The Bertz CT molecular complexity index is 869. The summed E-state index contributed by atoms with van der Waals surface area (Å²) in [7, 11) is 0. The molecule has 2 N–H and O–H groups in total. The minimum atomic E-state index is 0.840. The normalized spacial score (nSPS) is 16.1. The topological polar surface area (TPSA) is 26.0 Å². The fraction of sp³-hybridized carbons (Fsp3) is 0.308. The second kappa shape index (κ2) is 9.41. The first-order valence-electron chi connectivity index (χ1n) is 9.74. The van der Waals surface area contributed by atoms with Crippen LogP contribution in [0.4, 0.5) is 5.69 Å². The van der Waals surface area contributed by atoms with Gasteiger partial charge in [0.1, 0.15) is 0 Å². The summed E-state index contributed by atoms with van der Waals surface area (Å²) in [4.78, 5) is 0. The molecule has 0 atom stereocenters. The quantitative estimate of drug-likeness (QED) is 0.413. The van der Waals surface area contributed by atoms with Crippen LogP contribution in [0.3, 0.4) is 0 Å². The van der Waals surface area contributed by atoms with Crippen molar-refractivity contribution >= 4 is 11.3 Å². The maximum Gasteiger partial charge on any atom is 0.0393 e. The van der Waals surface area contributed by atoms with Crippen molar-refractivity contribution in [2.75, 3.05) is 5.73 Å². The number of aryl methyl sites for hydroxylation is 1. The van der Waals surface area contributed by atoms with Crippen molar-refractivity contribution in [3.8, 4) is 0 Å².